The van der Waals surface area contributed by atoms with E-state index in [1.807, 2.05) is 31.2 Å². The molecule has 3 rings (SSSR count). The maximum atomic E-state index is 12.6. The predicted molar refractivity (Wildman–Crippen MR) is 112 cm³/mol. The fraction of sp³-hybridized carbons (Fsp3) is 0.190. The maximum Gasteiger partial charge on any atom is 0.255 e. The van der Waals surface area contributed by atoms with Crippen molar-refractivity contribution in [1.29, 1.82) is 0 Å². The highest BCUT2D eigenvalue weighted by Crippen LogP contribution is 2.36. The minimum atomic E-state index is -0.269. The van der Waals surface area contributed by atoms with Crippen molar-refractivity contribution in [3.05, 3.63) is 70.0 Å². The summed E-state index contributed by atoms with van der Waals surface area (Å²) in [6, 6.07) is 13.0. The molecule has 0 saturated carbocycles. The number of pyridine rings is 1. The zero-order chi connectivity index (χ0) is 20.1. The van der Waals surface area contributed by atoms with E-state index >= 15 is 0 Å². The number of ether oxygens (including phenoxy) is 1. The Labute approximate surface area is 171 Å². The van der Waals surface area contributed by atoms with Gasteiger partial charge in [0.25, 0.3) is 11.8 Å². The van der Waals surface area contributed by atoms with E-state index < -0.39 is 0 Å². The quantitative estimate of drug-likeness (QED) is 0.573. The van der Waals surface area contributed by atoms with Crippen molar-refractivity contribution in [2.45, 2.75) is 6.92 Å². The van der Waals surface area contributed by atoms with E-state index in [9.17, 15) is 9.59 Å². The van der Waals surface area contributed by atoms with Gasteiger partial charge >= 0.3 is 0 Å². The molecule has 144 valence electrons. The summed E-state index contributed by atoms with van der Waals surface area (Å²) in [7, 11) is 1.53. The minimum absolute atomic E-state index is 0.229. The standard InChI is InChI=1S/C21H20BrN3O3/c1-13-7-8-15(12-25-13)20(26)23-9-10-24-21(27)17-11-14-5-3-4-6-16(14)18(22)19(17)28-2/h3-8,11-12H,9-10H2,1-2H3,(H,23,26)(H,24,27). The monoisotopic (exact) mass is 441 g/mol. The van der Waals surface area contributed by atoms with Gasteiger partial charge in [-0.2, -0.15) is 0 Å². The van der Waals surface area contributed by atoms with E-state index in [4.69, 9.17) is 4.74 Å². The van der Waals surface area contributed by atoms with Crippen molar-refractivity contribution in [2.75, 3.05) is 20.2 Å². The largest absolute Gasteiger partial charge is 0.495 e. The number of benzene rings is 2. The highest BCUT2D eigenvalue weighted by atomic mass is 79.9. The molecule has 28 heavy (non-hydrogen) atoms. The molecule has 1 heterocycles. The first-order valence-corrected chi connectivity index (χ1v) is 9.55. The third kappa shape index (κ3) is 4.31. The SMILES string of the molecule is COc1c(C(=O)NCCNC(=O)c2ccc(C)nc2)cc2ccccc2c1Br. The van der Waals surface area contributed by atoms with Crippen LogP contribution in [0.2, 0.25) is 0 Å². The molecule has 3 aromatic rings. The summed E-state index contributed by atoms with van der Waals surface area (Å²) < 4.78 is 6.17. The summed E-state index contributed by atoms with van der Waals surface area (Å²) in [5.74, 6) is -0.0201. The summed E-state index contributed by atoms with van der Waals surface area (Å²) in [4.78, 5) is 28.8. The molecule has 1 aromatic heterocycles. The molecule has 0 aliphatic rings. The Kier molecular flexibility index (Phi) is 6.26. The number of aromatic nitrogens is 1. The molecule has 2 aromatic carbocycles. The molecule has 0 aliphatic carbocycles. The molecule has 0 spiro atoms. The number of nitrogens with one attached hydrogen (secondary N) is 2. The van der Waals surface area contributed by atoms with E-state index in [1.54, 1.807) is 18.2 Å². The van der Waals surface area contributed by atoms with Gasteiger partial charge in [0.2, 0.25) is 0 Å². The zero-order valence-electron chi connectivity index (χ0n) is 15.6. The van der Waals surface area contributed by atoms with Crippen molar-refractivity contribution in [1.82, 2.24) is 15.6 Å². The first-order valence-electron chi connectivity index (χ1n) is 8.75. The van der Waals surface area contributed by atoms with Gasteiger partial charge in [0.15, 0.2) is 0 Å². The van der Waals surface area contributed by atoms with E-state index in [-0.39, 0.29) is 18.4 Å². The van der Waals surface area contributed by atoms with Crippen molar-refractivity contribution >= 4 is 38.5 Å². The Hall–Kier alpha value is -2.93. The fourth-order valence-electron chi connectivity index (χ4n) is 2.80. The van der Waals surface area contributed by atoms with Gasteiger partial charge in [-0.05, 0) is 51.8 Å². The van der Waals surface area contributed by atoms with Crippen LogP contribution in [0.15, 0.2) is 53.1 Å². The molecule has 0 fully saturated rings. The number of carbonyl (C=O) groups excluding carboxylic acids is 2. The van der Waals surface area contributed by atoms with Gasteiger partial charge in [0, 0.05) is 25.0 Å². The summed E-state index contributed by atoms with van der Waals surface area (Å²) in [5.41, 5.74) is 1.76. The number of nitrogens with zero attached hydrogens (tertiary/aromatic N) is 1. The number of amides is 2. The Balaban J connectivity index is 1.63. The molecule has 7 heteroatoms. The molecule has 0 bridgehead atoms. The molecule has 2 amide bonds. The number of rotatable bonds is 6. The number of methoxy groups -OCH3 is 1. The van der Waals surface area contributed by atoms with Crippen molar-refractivity contribution < 1.29 is 14.3 Å². The average molecular weight is 442 g/mol. The summed E-state index contributed by atoms with van der Waals surface area (Å²) >= 11 is 3.53. The Morgan fingerprint density at radius 3 is 2.46 bits per heavy atom. The Morgan fingerprint density at radius 1 is 1.07 bits per heavy atom. The van der Waals surface area contributed by atoms with Crippen LogP contribution in [0, 0.1) is 6.92 Å². The highest BCUT2D eigenvalue weighted by Gasteiger charge is 2.17. The van der Waals surface area contributed by atoms with Gasteiger partial charge in [0.05, 0.1) is 22.7 Å². The van der Waals surface area contributed by atoms with Crippen LogP contribution in [-0.2, 0) is 0 Å². The number of hydrogen-bond donors (Lipinski definition) is 2. The van der Waals surface area contributed by atoms with E-state index in [2.05, 4.69) is 31.5 Å². The predicted octanol–water partition coefficient (Wildman–Crippen LogP) is 3.47. The lowest BCUT2D eigenvalue weighted by atomic mass is 10.1. The van der Waals surface area contributed by atoms with Gasteiger partial charge in [-0.1, -0.05) is 24.3 Å². The topological polar surface area (TPSA) is 80.3 Å². The first-order chi connectivity index (χ1) is 13.5. The second-order valence-corrected chi connectivity index (χ2v) is 6.99. The Bertz CT molecular complexity index is 1020. The van der Waals surface area contributed by atoms with Crippen molar-refractivity contribution in [3.63, 3.8) is 0 Å². The average Bonchev–Trinajstić information content (AvgIpc) is 2.71. The molecule has 0 aliphatic heterocycles. The molecular formula is C21H20BrN3O3. The van der Waals surface area contributed by atoms with Gasteiger partial charge in [-0.15, -0.1) is 0 Å². The summed E-state index contributed by atoms with van der Waals surface area (Å²) in [5, 5.41) is 7.47. The van der Waals surface area contributed by atoms with Crippen LogP contribution in [0.1, 0.15) is 26.4 Å². The third-order valence-corrected chi connectivity index (χ3v) is 5.05. The third-order valence-electron chi connectivity index (χ3n) is 4.26. The first kappa shape index (κ1) is 19.8. The number of halogens is 1. The van der Waals surface area contributed by atoms with Crippen LogP contribution < -0.4 is 15.4 Å². The molecule has 2 N–H and O–H groups in total. The second kappa shape index (κ2) is 8.84. The molecule has 6 nitrogen and oxygen atoms in total. The zero-order valence-corrected chi connectivity index (χ0v) is 17.2. The minimum Gasteiger partial charge on any atom is -0.495 e. The van der Waals surface area contributed by atoms with Crippen LogP contribution in [0.4, 0.5) is 0 Å². The molecule has 0 radical (unpaired) electrons. The van der Waals surface area contributed by atoms with Crippen LogP contribution in [0.5, 0.6) is 5.75 Å². The lowest BCUT2D eigenvalue weighted by Crippen LogP contribution is -2.34. The smallest absolute Gasteiger partial charge is 0.255 e. The summed E-state index contributed by atoms with van der Waals surface area (Å²) in [6.45, 7) is 2.45. The highest BCUT2D eigenvalue weighted by molar-refractivity contribution is 9.10. The van der Waals surface area contributed by atoms with Gasteiger partial charge < -0.3 is 15.4 Å². The lowest BCUT2D eigenvalue weighted by molar-refractivity contribution is 0.0926. The van der Waals surface area contributed by atoms with Crippen LogP contribution in [-0.4, -0.2) is 37.0 Å². The van der Waals surface area contributed by atoms with Gasteiger partial charge in [-0.3, -0.25) is 14.6 Å². The molecular weight excluding hydrogens is 422 g/mol. The van der Waals surface area contributed by atoms with Crippen LogP contribution in [0.3, 0.4) is 0 Å². The van der Waals surface area contributed by atoms with E-state index in [0.717, 1.165) is 20.9 Å². The van der Waals surface area contributed by atoms with Gasteiger partial charge in [0.1, 0.15) is 5.75 Å². The van der Waals surface area contributed by atoms with E-state index in [1.165, 1.54) is 13.3 Å². The van der Waals surface area contributed by atoms with Gasteiger partial charge in [-0.25, -0.2) is 0 Å². The molecule has 0 atom stereocenters. The second-order valence-electron chi connectivity index (χ2n) is 6.19. The summed E-state index contributed by atoms with van der Waals surface area (Å²) in [6.07, 6.45) is 1.53. The van der Waals surface area contributed by atoms with Crippen molar-refractivity contribution in [3.8, 4) is 5.75 Å². The number of fused-ring (bicyclic) bond motifs is 1. The van der Waals surface area contributed by atoms with Crippen LogP contribution >= 0.6 is 15.9 Å². The number of aryl methyl sites for hydroxylation is 1. The van der Waals surface area contributed by atoms with Crippen LogP contribution in [0.25, 0.3) is 10.8 Å². The maximum absolute atomic E-state index is 12.6. The number of hydrogen-bond acceptors (Lipinski definition) is 4. The normalized spacial score (nSPS) is 10.5. The molecule has 0 saturated heterocycles. The molecule has 0 unspecified atom stereocenters. The van der Waals surface area contributed by atoms with Crippen molar-refractivity contribution in [2.24, 2.45) is 0 Å². The number of carbonyl (C=O) groups is 2. The Morgan fingerprint density at radius 2 is 1.79 bits per heavy atom. The fourth-order valence-corrected chi connectivity index (χ4v) is 3.54. The lowest BCUT2D eigenvalue weighted by Gasteiger charge is -2.14. The van der Waals surface area contributed by atoms with E-state index in [0.29, 0.717) is 23.4 Å².